The first-order valence-electron chi connectivity index (χ1n) is 13.0. The van der Waals surface area contributed by atoms with Crippen molar-refractivity contribution in [1.29, 1.82) is 0 Å². The summed E-state index contributed by atoms with van der Waals surface area (Å²) >= 11 is 0. The lowest BCUT2D eigenvalue weighted by molar-refractivity contribution is 0.626. The highest BCUT2D eigenvalue weighted by Gasteiger charge is 2.24. The number of rotatable bonds is 6. The molecule has 0 aliphatic heterocycles. The minimum absolute atomic E-state index is 0.0757. The van der Waals surface area contributed by atoms with E-state index in [0.29, 0.717) is 33.6 Å². The second kappa shape index (κ2) is 9.91. The monoisotopic (exact) mass is 544 g/mol. The van der Waals surface area contributed by atoms with Gasteiger partial charge in [-0.3, -0.25) is 14.4 Å². The maximum absolute atomic E-state index is 14.1. The molecule has 6 aromatic rings. The summed E-state index contributed by atoms with van der Waals surface area (Å²) in [6, 6.07) is 21.2. The van der Waals surface area contributed by atoms with Crippen LogP contribution >= 0.6 is 0 Å². The molecular formula is C31H28N8O2. The van der Waals surface area contributed by atoms with Gasteiger partial charge in [0, 0.05) is 18.3 Å². The molecule has 0 bridgehead atoms. The largest absolute Gasteiger partial charge is 0.424 e. The molecule has 10 nitrogen and oxygen atoms in total. The van der Waals surface area contributed by atoms with Crippen molar-refractivity contribution in [2.24, 2.45) is 15.7 Å². The fourth-order valence-corrected chi connectivity index (χ4v) is 5.30. The molecule has 3 aromatic heterocycles. The van der Waals surface area contributed by atoms with Crippen LogP contribution in [-0.4, -0.2) is 38.9 Å². The number of aromatic nitrogens is 4. The second-order valence-corrected chi connectivity index (χ2v) is 9.81. The highest BCUT2D eigenvalue weighted by molar-refractivity contribution is 6.07. The van der Waals surface area contributed by atoms with Crippen LogP contribution in [-0.2, 0) is 6.54 Å². The zero-order chi connectivity index (χ0) is 28.8. The molecular weight excluding hydrogens is 516 g/mol. The van der Waals surface area contributed by atoms with Gasteiger partial charge in [0.2, 0.25) is 0 Å². The number of nitrogens with zero attached hydrogens (tertiary/aromatic N) is 6. The highest BCUT2D eigenvalue weighted by atomic mass is 16.4. The normalized spacial score (nSPS) is 11.9. The van der Waals surface area contributed by atoms with Gasteiger partial charge in [-0.2, -0.15) is 10.1 Å². The molecule has 4 N–H and O–H groups in total. The van der Waals surface area contributed by atoms with Crippen LogP contribution in [0.5, 0.6) is 0 Å². The van der Waals surface area contributed by atoms with E-state index in [0.717, 1.165) is 33.5 Å². The van der Waals surface area contributed by atoms with Crippen molar-refractivity contribution in [2.45, 2.75) is 20.4 Å². The van der Waals surface area contributed by atoms with Crippen LogP contribution in [0.4, 0.5) is 11.8 Å². The predicted octanol–water partition coefficient (Wildman–Crippen LogP) is 4.91. The summed E-state index contributed by atoms with van der Waals surface area (Å²) in [7, 11) is 1.60. The summed E-state index contributed by atoms with van der Waals surface area (Å²) in [5.74, 6) is 0.676. The van der Waals surface area contributed by atoms with E-state index in [1.807, 2.05) is 74.5 Å². The summed E-state index contributed by atoms with van der Waals surface area (Å²) in [4.78, 5) is 26.9. The summed E-state index contributed by atoms with van der Waals surface area (Å²) in [6.45, 7) is 7.96. The van der Waals surface area contributed by atoms with E-state index in [2.05, 4.69) is 21.7 Å². The number of anilines is 1. The maximum atomic E-state index is 14.1. The molecule has 0 aliphatic rings. The van der Waals surface area contributed by atoms with Gasteiger partial charge < -0.3 is 15.9 Å². The minimum atomic E-state index is -0.102. The Labute approximate surface area is 235 Å². The minimum Gasteiger partial charge on any atom is -0.424 e. The molecule has 0 fully saturated rings. The van der Waals surface area contributed by atoms with Crippen LogP contribution in [0, 0.1) is 13.8 Å². The number of nitrogen functional groups attached to an aromatic ring is 1. The lowest BCUT2D eigenvalue weighted by Crippen LogP contribution is -2.25. The standard InChI is InChI=1S/C31H28N8O2/c1-17-8-5-6-11-23(17)39-21(14-19-10-7-9-18(2)25(19)30(39)40)16-38-29(35-4)26(28(32)34-3)27(37-38)20-12-13-24-22(15-20)36-31(33)41-24/h5-15H,4,16H2,1-3H3,(H2,32,34)(H2,33,36). The molecule has 0 atom stereocenters. The predicted molar refractivity (Wildman–Crippen MR) is 164 cm³/mol. The van der Waals surface area contributed by atoms with Gasteiger partial charge in [0.15, 0.2) is 11.4 Å². The number of nitrogens with two attached hydrogens (primary N) is 2. The van der Waals surface area contributed by atoms with E-state index in [1.165, 1.54) is 0 Å². The zero-order valence-corrected chi connectivity index (χ0v) is 22.9. The van der Waals surface area contributed by atoms with Gasteiger partial charge in [-0.15, -0.1) is 0 Å². The van der Waals surface area contributed by atoms with Gasteiger partial charge in [0.05, 0.1) is 23.2 Å². The van der Waals surface area contributed by atoms with Gasteiger partial charge in [0.1, 0.15) is 17.0 Å². The van der Waals surface area contributed by atoms with E-state index in [1.54, 1.807) is 22.4 Å². The highest BCUT2D eigenvalue weighted by Crippen LogP contribution is 2.33. The molecule has 204 valence electrons. The van der Waals surface area contributed by atoms with Crippen molar-refractivity contribution in [3.05, 3.63) is 99.5 Å². The number of amidine groups is 1. The molecule has 10 heteroatoms. The van der Waals surface area contributed by atoms with Crippen LogP contribution in [0.25, 0.3) is 38.8 Å². The molecule has 0 radical (unpaired) electrons. The Kier molecular flexibility index (Phi) is 6.22. The summed E-state index contributed by atoms with van der Waals surface area (Å²) in [5.41, 5.74) is 18.4. The van der Waals surface area contributed by atoms with Crippen molar-refractivity contribution in [3.63, 3.8) is 0 Å². The Hall–Kier alpha value is -5.51. The van der Waals surface area contributed by atoms with E-state index < -0.39 is 0 Å². The summed E-state index contributed by atoms with van der Waals surface area (Å²) in [6.07, 6.45) is 0. The topological polar surface area (TPSA) is 143 Å². The number of aryl methyl sites for hydroxylation is 2. The van der Waals surface area contributed by atoms with Crippen LogP contribution in [0.1, 0.15) is 22.4 Å². The van der Waals surface area contributed by atoms with Crippen LogP contribution in [0.2, 0.25) is 0 Å². The lowest BCUT2D eigenvalue weighted by atomic mass is 10.1. The fraction of sp³-hybridized carbons (Fsp3) is 0.129. The van der Waals surface area contributed by atoms with Crippen LogP contribution in [0.15, 0.2) is 85.9 Å². The second-order valence-electron chi connectivity index (χ2n) is 9.81. The SMILES string of the molecule is C=Nc1c(C(N)=NC)c(-c2ccc3oc(N)nc3c2)nn1Cc1cc2cccc(C)c2c(=O)n1-c1ccccc1C. The van der Waals surface area contributed by atoms with Gasteiger partial charge in [-0.05, 0) is 67.4 Å². The van der Waals surface area contributed by atoms with Gasteiger partial charge in [-0.1, -0.05) is 36.4 Å². The fourth-order valence-electron chi connectivity index (χ4n) is 5.30. The molecule has 41 heavy (non-hydrogen) atoms. The van der Waals surface area contributed by atoms with E-state index >= 15 is 0 Å². The summed E-state index contributed by atoms with van der Waals surface area (Å²) < 4.78 is 8.88. The Balaban J connectivity index is 1.61. The first-order valence-corrected chi connectivity index (χ1v) is 13.0. The number of fused-ring (bicyclic) bond motifs is 2. The van der Waals surface area contributed by atoms with Gasteiger partial charge in [-0.25, -0.2) is 9.67 Å². The molecule has 0 amide bonds. The molecule has 6 rings (SSSR count). The third-order valence-corrected chi connectivity index (χ3v) is 7.25. The smallest absolute Gasteiger partial charge is 0.292 e. The zero-order valence-electron chi connectivity index (χ0n) is 22.9. The number of hydrogen-bond donors (Lipinski definition) is 2. The molecule has 3 heterocycles. The Morgan fingerprint density at radius 2 is 1.83 bits per heavy atom. The van der Waals surface area contributed by atoms with Crippen LogP contribution < -0.4 is 17.0 Å². The number of hydrogen-bond acceptors (Lipinski definition) is 7. The molecule has 0 aliphatic carbocycles. The van der Waals surface area contributed by atoms with Gasteiger partial charge >= 0.3 is 0 Å². The first-order chi connectivity index (χ1) is 19.8. The first kappa shape index (κ1) is 25.8. The maximum Gasteiger partial charge on any atom is 0.292 e. The molecule has 3 aromatic carbocycles. The Morgan fingerprint density at radius 3 is 2.59 bits per heavy atom. The average Bonchev–Trinajstić information content (AvgIpc) is 3.52. The number of pyridine rings is 1. The molecule has 0 saturated heterocycles. The number of benzene rings is 3. The van der Waals surface area contributed by atoms with E-state index in [9.17, 15) is 4.79 Å². The number of para-hydroxylation sites is 1. The number of aliphatic imine (C=N–C) groups is 2. The van der Waals surface area contributed by atoms with Crippen molar-refractivity contribution in [1.82, 2.24) is 19.3 Å². The van der Waals surface area contributed by atoms with E-state index in [-0.39, 0.29) is 24.0 Å². The van der Waals surface area contributed by atoms with Crippen molar-refractivity contribution in [2.75, 3.05) is 12.8 Å². The van der Waals surface area contributed by atoms with Crippen LogP contribution in [0.3, 0.4) is 0 Å². The van der Waals surface area contributed by atoms with Gasteiger partial charge in [0.25, 0.3) is 11.6 Å². The average molecular weight is 545 g/mol. The Bertz CT molecular complexity index is 2080. The van der Waals surface area contributed by atoms with Crippen molar-refractivity contribution in [3.8, 4) is 16.9 Å². The summed E-state index contributed by atoms with van der Waals surface area (Å²) in [5, 5.41) is 6.45. The van der Waals surface area contributed by atoms with E-state index in [4.69, 9.17) is 21.0 Å². The quantitative estimate of drug-likeness (QED) is 0.225. The van der Waals surface area contributed by atoms with Crippen molar-refractivity contribution >= 4 is 46.3 Å². The lowest BCUT2D eigenvalue weighted by Gasteiger charge is -2.18. The molecule has 0 saturated carbocycles. The third-order valence-electron chi connectivity index (χ3n) is 7.25. The Morgan fingerprint density at radius 1 is 1.05 bits per heavy atom. The third kappa shape index (κ3) is 4.26. The van der Waals surface area contributed by atoms with Crippen molar-refractivity contribution < 1.29 is 4.42 Å². The molecule has 0 unspecified atom stereocenters. The number of oxazole rings is 1. The molecule has 0 spiro atoms.